The summed E-state index contributed by atoms with van der Waals surface area (Å²) in [7, 11) is 1.54. The van der Waals surface area contributed by atoms with Crippen LogP contribution >= 0.6 is 0 Å². The van der Waals surface area contributed by atoms with Crippen LogP contribution in [0.3, 0.4) is 0 Å². The van der Waals surface area contributed by atoms with E-state index in [0.717, 1.165) is 38.5 Å². The molecule has 0 spiro atoms. The van der Waals surface area contributed by atoms with Gasteiger partial charge in [-0.15, -0.1) is 0 Å². The first-order valence-corrected chi connectivity index (χ1v) is 22.1. The van der Waals surface area contributed by atoms with E-state index in [-0.39, 0.29) is 44.6 Å². The van der Waals surface area contributed by atoms with Gasteiger partial charge in [0.05, 0.1) is 12.5 Å². The maximum Gasteiger partial charge on any atom is 0.409 e. The standard InChI is InChI=1S/C43H79F3N2O6/c1-4-6-8-10-12-14-16-18-20-22-24-26-28-30-40(49)52-36-39(37-53-42(51)47(3)38-34-48(35-38)33-32-43(44,45)46)54-41(50)31-29-27-25-23-21-19-17-15-13-11-9-7-5-2/h38-39H,4-37H2,1-3H3. The molecule has 54 heavy (non-hydrogen) atoms. The van der Waals surface area contributed by atoms with Crippen molar-refractivity contribution in [3.63, 3.8) is 0 Å². The van der Waals surface area contributed by atoms with E-state index in [2.05, 4.69) is 13.8 Å². The lowest BCUT2D eigenvalue weighted by molar-refractivity contribution is -0.161. The Morgan fingerprint density at radius 3 is 1.37 bits per heavy atom. The Balaban J connectivity index is 2.35. The van der Waals surface area contributed by atoms with Gasteiger partial charge in [-0.3, -0.25) is 14.5 Å². The van der Waals surface area contributed by atoms with Gasteiger partial charge in [0.2, 0.25) is 0 Å². The molecule has 0 saturated carbocycles. The van der Waals surface area contributed by atoms with Crippen molar-refractivity contribution < 1.29 is 41.8 Å². The minimum Gasteiger partial charge on any atom is -0.462 e. The van der Waals surface area contributed by atoms with Crippen molar-refractivity contribution in [3.8, 4) is 0 Å². The number of esters is 2. The molecule has 1 fully saturated rings. The van der Waals surface area contributed by atoms with E-state index < -0.39 is 30.8 Å². The number of hydrogen-bond acceptors (Lipinski definition) is 7. The summed E-state index contributed by atoms with van der Waals surface area (Å²) in [6, 6.07) is -0.263. The molecule has 0 aliphatic carbocycles. The molecular formula is C43H79F3N2O6. The Labute approximate surface area is 327 Å². The van der Waals surface area contributed by atoms with E-state index in [9.17, 15) is 27.6 Å². The van der Waals surface area contributed by atoms with Crippen LogP contribution in [0.5, 0.6) is 0 Å². The molecule has 0 aromatic rings. The van der Waals surface area contributed by atoms with Crippen LogP contribution in [-0.2, 0) is 23.8 Å². The fraction of sp³-hybridized carbons (Fsp3) is 0.930. The van der Waals surface area contributed by atoms with Crippen LogP contribution in [0.15, 0.2) is 0 Å². The second-order valence-electron chi connectivity index (χ2n) is 15.7. The largest absolute Gasteiger partial charge is 0.462 e. The van der Waals surface area contributed by atoms with Crippen molar-refractivity contribution in [3.05, 3.63) is 0 Å². The number of likely N-dealkylation sites (tertiary alicyclic amines) is 1. The molecule has 0 N–H and O–H groups in total. The van der Waals surface area contributed by atoms with Crippen LogP contribution in [0.2, 0.25) is 0 Å². The molecule has 1 rings (SSSR count). The first-order chi connectivity index (χ1) is 26.1. The summed E-state index contributed by atoms with van der Waals surface area (Å²) in [4.78, 5) is 41.0. The number of carbonyl (C=O) groups excluding carboxylic acids is 3. The number of amides is 1. The highest BCUT2D eigenvalue weighted by atomic mass is 19.4. The first kappa shape index (κ1) is 50.0. The van der Waals surface area contributed by atoms with Gasteiger partial charge in [-0.25, -0.2) is 4.79 Å². The zero-order valence-corrected chi connectivity index (χ0v) is 34.7. The summed E-state index contributed by atoms with van der Waals surface area (Å²) < 4.78 is 54.1. The van der Waals surface area contributed by atoms with Crippen molar-refractivity contribution in [2.75, 3.05) is 39.9 Å². The van der Waals surface area contributed by atoms with Crippen LogP contribution < -0.4 is 0 Å². The number of rotatable bonds is 36. The molecule has 1 aliphatic rings. The monoisotopic (exact) mass is 777 g/mol. The minimum atomic E-state index is -4.22. The molecule has 0 radical (unpaired) electrons. The maximum atomic E-state index is 12.7. The highest BCUT2D eigenvalue weighted by Gasteiger charge is 2.36. The molecule has 0 aromatic carbocycles. The van der Waals surface area contributed by atoms with Gasteiger partial charge >= 0.3 is 24.2 Å². The molecular weight excluding hydrogens is 697 g/mol. The molecule has 1 amide bonds. The second-order valence-corrected chi connectivity index (χ2v) is 15.7. The van der Waals surface area contributed by atoms with Gasteiger partial charge in [0.25, 0.3) is 0 Å². The summed E-state index contributed by atoms with van der Waals surface area (Å²) in [6.07, 6.45) is 25.3. The van der Waals surface area contributed by atoms with Gasteiger partial charge in [-0.2, -0.15) is 13.2 Å². The van der Waals surface area contributed by atoms with Crippen molar-refractivity contribution >= 4 is 18.0 Å². The fourth-order valence-corrected chi connectivity index (χ4v) is 6.86. The third-order valence-corrected chi connectivity index (χ3v) is 10.6. The average Bonchev–Trinajstić information content (AvgIpc) is 3.11. The van der Waals surface area contributed by atoms with Crippen LogP contribution in [0.4, 0.5) is 18.0 Å². The Morgan fingerprint density at radius 2 is 0.963 bits per heavy atom. The highest BCUT2D eigenvalue weighted by Crippen LogP contribution is 2.23. The third kappa shape index (κ3) is 29.3. The van der Waals surface area contributed by atoms with Crippen molar-refractivity contribution in [1.29, 1.82) is 0 Å². The van der Waals surface area contributed by atoms with E-state index in [4.69, 9.17) is 14.2 Å². The van der Waals surface area contributed by atoms with Crippen LogP contribution in [-0.4, -0.2) is 86.0 Å². The van der Waals surface area contributed by atoms with Gasteiger partial charge in [0, 0.05) is 39.5 Å². The molecule has 0 aromatic heterocycles. The summed E-state index contributed by atoms with van der Waals surface area (Å²) in [5.74, 6) is -0.785. The number of carbonyl (C=O) groups is 3. The topological polar surface area (TPSA) is 85.4 Å². The molecule has 8 nitrogen and oxygen atoms in total. The summed E-state index contributed by atoms with van der Waals surface area (Å²) in [5, 5.41) is 0. The summed E-state index contributed by atoms with van der Waals surface area (Å²) in [6.45, 7) is 4.56. The maximum absolute atomic E-state index is 12.7. The van der Waals surface area contributed by atoms with E-state index >= 15 is 0 Å². The van der Waals surface area contributed by atoms with Crippen LogP contribution in [0, 0.1) is 0 Å². The molecule has 1 heterocycles. The Kier molecular flexibility index (Phi) is 30.7. The number of likely N-dealkylation sites (N-methyl/N-ethyl adjacent to an activating group) is 1. The summed E-state index contributed by atoms with van der Waals surface area (Å²) in [5.41, 5.74) is 0. The smallest absolute Gasteiger partial charge is 0.409 e. The Bertz CT molecular complexity index is 931. The van der Waals surface area contributed by atoms with Crippen LogP contribution in [0.1, 0.15) is 200 Å². The Morgan fingerprint density at radius 1 is 0.593 bits per heavy atom. The normalized spacial score (nSPS) is 14.1. The lowest BCUT2D eigenvalue weighted by atomic mass is 10.0. The van der Waals surface area contributed by atoms with E-state index in [1.165, 1.54) is 127 Å². The lowest BCUT2D eigenvalue weighted by Gasteiger charge is -2.43. The van der Waals surface area contributed by atoms with E-state index in [1.54, 1.807) is 11.9 Å². The van der Waals surface area contributed by atoms with Crippen molar-refractivity contribution in [2.45, 2.75) is 218 Å². The van der Waals surface area contributed by atoms with Gasteiger partial charge in [0.15, 0.2) is 6.10 Å². The molecule has 11 heteroatoms. The van der Waals surface area contributed by atoms with E-state index in [0.29, 0.717) is 19.5 Å². The van der Waals surface area contributed by atoms with Gasteiger partial charge in [-0.05, 0) is 12.8 Å². The molecule has 0 bridgehead atoms. The molecule has 1 aliphatic heterocycles. The SMILES string of the molecule is CCCCCCCCCCCCCCCC(=O)OCC(COC(=O)N(C)C1CN(CCC(F)(F)F)C1)OC(=O)CCCCCCCCCCCCCCC. The van der Waals surface area contributed by atoms with Crippen molar-refractivity contribution in [1.82, 2.24) is 9.80 Å². The minimum absolute atomic E-state index is 0.106. The zero-order chi connectivity index (χ0) is 39.7. The molecule has 1 atom stereocenters. The number of unbranched alkanes of at least 4 members (excludes halogenated alkanes) is 24. The third-order valence-electron chi connectivity index (χ3n) is 10.6. The van der Waals surface area contributed by atoms with E-state index in [1.807, 2.05) is 0 Å². The molecule has 1 unspecified atom stereocenters. The van der Waals surface area contributed by atoms with Gasteiger partial charge in [-0.1, -0.05) is 168 Å². The van der Waals surface area contributed by atoms with Gasteiger partial charge < -0.3 is 19.1 Å². The highest BCUT2D eigenvalue weighted by molar-refractivity contribution is 5.70. The predicted molar refractivity (Wildman–Crippen MR) is 211 cm³/mol. The zero-order valence-electron chi connectivity index (χ0n) is 34.7. The average molecular weight is 777 g/mol. The number of alkyl halides is 3. The Hall–Kier alpha value is -2.04. The fourth-order valence-electron chi connectivity index (χ4n) is 6.86. The number of ether oxygens (including phenoxy) is 3. The molecule has 318 valence electrons. The predicted octanol–water partition coefficient (Wildman–Crippen LogP) is 12.1. The van der Waals surface area contributed by atoms with Gasteiger partial charge in [0.1, 0.15) is 13.2 Å². The summed E-state index contributed by atoms with van der Waals surface area (Å²) >= 11 is 0. The molecule has 1 saturated heterocycles. The second kappa shape index (κ2) is 33.1. The lowest BCUT2D eigenvalue weighted by Crippen LogP contribution is -2.60. The van der Waals surface area contributed by atoms with Crippen molar-refractivity contribution in [2.24, 2.45) is 0 Å². The quantitative estimate of drug-likeness (QED) is 0.0356. The number of halogens is 3. The first-order valence-electron chi connectivity index (χ1n) is 22.1. The van der Waals surface area contributed by atoms with Crippen LogP contribution in [0.25, 0.3) is 0 Å². The number of nitrogens with zero attached hydrogens (tertiary/aromatic N) is 2. The number of hydrogen-bond donors (Lipinski definition) is 0.